The number of hydrogen-bond donors (Lipinski definition) is 7. The van der Waals surface area contributed by atoms with Gasteiger partial charge in [-0.25, -0.2) is 4.57 Å². The van der Waals surface area contributed by atoms with Crippen molar-refractivity contribution >= 4 is 19.8 Å². The second-order valence-electron chi connectivity index (χ2n) is 16.0. The van der Waals surface area contributed by atoms with Crippen LogP contribution in [0.3, 0.4) is 0 Å². The summed E-state index contributed by atoms with van der Waals surface area (Å²) in [5.41, 5.74) is 0. The van der Waals surface area contributed by atoms with Gasteiger partial charge in [0.2, 0.25) is 0 Å². The van der Waals surface area contributed by atoms with Crippen molar-refractivity contribution in [1.82, 2.24) is 0 Å². The van der Waals surface area contributed by atoms with Crippen molar-refractivity contribution in [2.24, 2.45) is 0 Å². The number of ether oxygens (including phenoxy) is 2. The minimum atomic E-state index is -5.17. The van der Waals surface area contributed by atoms with Crippen LogP contribution in [0.25, 0.3) is 0 Å². The van der Waals surface area contributed by atoms with Crippen LogP contribution >= 0.6 is 7.82 Å². The number of rotatable bonds is 38. The zero-order valence-corrected chi connectivity index (χ0v) is 40.0. The van der Waals surface area contributed by atoms with E-state index in [9.17, 15) is 44.6 Å². The first-order chi connectivity index (χ1) is 31.9. The zero-order valence-electron chi connectivity index (χ0n) is 39.1. The van der Waals surface area contributed by atoms with Crippen LogP contribution in [0.15, 0.2) is 109 Å². The van der Waals surface area contributed by atoms with E-state index >= 15 is 0 Å². The summed E-state index contributed by atoms with van der Waals surface area (Å²) in [6.45, 7) is 1.15. The SMILES string of the molecule is CCCCC/C=C\C/C=C\C/C=C\C/C=C\C/C=C\CCC(=O)OC[C@H](COP(=O)(O)OC1[C@H](O)[C@H](O)C(O)[C@H](O)[C@H]1O)OC(=O)CCC/C=C\C/C=C\C/C=C\C/C=C\CCCCCO. The number of esters is 2. The molecule has 1 aliphatic carbocycles. The lowest BCUT2D eigenvalue weighted by Gasteiger charge is -2.41. The summed E-state index contributed by atoms with van der Waals surface area (Å²) in [5.74, 6) is -1.29. The van der Waals surface area contributed by atoms with E-state index in [1.807, 2.05) is 30.4 Å². The highest BCUT2D eigenvalue weighted by molar-refractivity contribution is 7.47. The predicted octanol–water partition coefficient (Wildman–Crippen LogP) is 8.58. The highest BCUT2D eigenvalue weighted by Gasteiger charge is 2.51. The van der Waals surface area contributed by atoms with Crippen LogP contribution in [0.1, 0.15) is 135 Å². The fraction of sp³-hybridized carbons (Fsp3) is 0.608. The minimum absolute atomic E-state index is 0.0113. The van der Waals surface area contributed by atoms with Gasteiger partial charge in [-0.1, -0.05) is 136 Å². The Labute approximate surface area is 394 Å². The van der Waals surface area contributed by atoms with Gasteiger partial charge in [0.15, 0.2) is 6.10 Å². The van der Waals surface area contributed by atoms with E-state index in [0.717, 1.165) is 70.6 Å². The molecule has 1 aliphatic rings. The maximum absolute atomic E-state index is 12.8. The summed E-state index contributed by atoms with van der Waals surface area (Å²) in [6.07, 6.45) is 40.2. The van der Waals surface area contributed by atoms with Crippen LogP contribution in [0.4, 0.5) is 0 Å². The van der Waals surface area contributed by atoms with Crippen molar-refractivity contribution in [3.05, 3.63) is 109 Å². The van der Waals surface area contributed by atoms with Gasteiger partial charge in [0.1, 0.15) is 43.2 Å². The van der Waals surface area contributed by atoms with E-state index in [1.54, 1.807) is 0 Å². The Hall–Kier alpha value is -3.53. The maximum atomic E-state index is 12.8. The quantitative estimate of drug-likeness (QED) is 0.0133. The Morgan fingerprint density at radius 1 is 0.500 bits per heavy atom. The number of allylic oxidation sites excluding steroid dienone is 18. The molecule has 0 aromatic rings. The van der Waals surface area contributed by atoms with Crippen LogP contribution in [-0.4, -0.2) is 110 Å². The molecule has 14 nitrogen and oxygen atoms in total. The molecule has 0 aromatic heterocycles. The molecule has 1 rings (SSSR count). The van der Waals surface area contributed by atoms with E-state index in [4.69, 9.17) is 23.6 Å². The molecular formula is C51H81O14P. The third-order valence-corrected chi connectivity index (χ3v) is 11.1. The van der Waals surface area contributed by atoms with E-state index in [-0.39, 0.29) is 19.4 Å². The fourth-order valence-electron chi connectivity index (χ4n) is 6.30. The second kappa shape index (κ2) is 40.5. The normalized spacial score (nSPS) is 22.2. The zero-order chi connectivity index (χ0) is 48.5. The molecule has 374 valence electrons. The molecule has 3 unspecified atom stereocenters. The molecule has 1 saturated carbocycles. The molecule has 0 bridgehead atoms. The Morgan fingerprint density at radius 3 is 1.36 bits per heavy atom. The third-order valence-electron chi connectivity index (χ3n) is 10.2. The van der Waals surface area contributed by atoms with Gasteiger partial charge in [-0.3, -0.25) is 18.6 Å². The standard InChI is InChI=1S/C51H81O14P/c1-2-3-4-5-6-7-8-9-10-11-12-14-17-20-23-26-29-32-35-38-44(53)62-41-43(42-63-66(60,61)65-51-49(58)47(56)46(55)48(57)50(51)59)64-45(54)39-36-33-30-27-24-21-18-15-13-16-19-22-25-28-31-34-37-40-52/h6-7,9-10,12-14,16,18,20-23,25,27,29-30,32,43,46-52,55-59H,2-5,8,11,15,17,19,24,26,28,31,33-42H2,1H3,(H,60,61)/b7-6-,10-9-,14-12-,16-13-,21-18-,23-20-,25-22-,30-27-,32-29-/t43-,46?,47-,48+,49-,50-,51?/m1/s1. The molecule has 15 heteroatoms. The molecule has 0 aliphatic heterocycles. The summed E-state index contributed by atoms with van der Waals surface area (Å²) in [7, 11) is -5.17. The lowest BCUT2D eigenvalue weighted by Crippen LogP contribution is -2.64. The minimum Gasteiger partial charge on any atom is -0.462 e. The van der Waals surface area contributed by atoms with Crippen LogP contribution in [0.2, 0.25) is 0 Å². The smallest absolute Gasteiger partial charge is 0.462 e. The Morgan fingerprint density at radius 2 is 0.909 bits per heavy atom. The molecule has 1 fully saturated rings. The average molecular weight is 949 g/mol. The Kier molecular flexibility index (Phi) is 37.1. The van der Waals surface area contributed by atoms with Crippen molar-refractivity contribution in [1.29, 1.82) is 0 Å². The third kappa shape index (κ3) is 32.2. The molecule has 0 aromatic carbocycles. The van der Waals surface area contributed by atoms with Crippen molar-refractivity contribution in [2.45, 2.75) is 178 Å². The molecular weight excluding hydrogens is 868 g/mol. The molecule has 0 heterocycles. The van der Waals surface area contributed by atoms with E-state index in [2.05, 4.69) is 85.9 Å². The topological polar surface area (TPSA) is 230 Å². The number of unbranched alkanes of at least 4 members (excludes halogenated alkanes) is 7. The Bertz CT molecular complexity index is 1560. The maximum Gasteiger partial charge on any atom is 0.472 e. The van der Waals surface area contributed by atoms with Crippen LogP contribution in [0.5, 0.6) is 0 Å². The molecule has 0 amide bonds. The summed E-state index contributed by atoms with van der Waals surface area (Å²) in [4.78, 5) is 35.7. The molecule has 8 atom stereocenters. The average Bonchev–Trinajstić information content (AvgIpc) is 3.30. The Balaban J connectivity index is 2.55. The summed E-state index contributed by atoms with van der Waals surface area (Å²) >= 11 is 0. The number of aliphatic hydroxyl groups excluding tert-OH is 6. The molecule has 66 heavy (non-hydrogen) atoms. The number of phosphoric ester groups is 1. The van der Waals surface area contributed by atoms with Crippen LogP contribution < -0.4 is 0 Å². The van der Waals surface area contributed by atoms with Gasteiger partial charge >= 0.3 is 19.8 Å². The van der Waals surface area contributed by atoms with Crippen LogP contribution in [-0.2, 0) is 32.7 Å². The van der Waals surface area contributed by atoms with Gasteiger partial charge in [0.05, 0.1) is 6.61 Å². The van der Waals surface area contributed by atoms with Gasteiger partial charge in [0.25, 0.3) is 0 Å². The van der Waals surface area contributed by atoms with Gasteiger partial charge in [-0.2, -0.15) is 0 Å². The first-order valence-electron chi connectivity index (χ1n) is 23.8. The fourth-order valence-corrected chi connectivity index (χ4v) is 7.27. The molecule has 0 saturated heterocycles. The summed E-state index contributed by atoms with van der Waals surface area (Å²) in [5, 5.41) is 59.0. The van der Waals surface area contributed by atoms with Crippen molar-refractivity contribution in [3.63, 3.8) is 0 Å². The van der Waals surface area contributed by atoms with Gasteiger partial charge in [0, 0.05) is 19.4 Å². The largest absolute Gasteiger partial charge is 0.472 e. The van der Waals surface area contributed by atoms with Crippen molar-refractivity contribution in [3.8, 4) is 0 Å². The van der Waals surface area contributed by atoms with E-state index in [1.165, 1.54) is 19.3 Å². The highest BCUT2D eigenvalue weighted by atomic mass is 31.2. The second-order valence-corrected chi connectivity index (χ2v) is 17.4. The first kappa shape index (κ1) is 60.5. The number of hydrogen-bond acceptors (Lipinski definition) is 13. The molecule has 0 radical (unpaired) electrons. The van der Waals surface area contributed by atoms with Crippen molar-refractivity contribution in [2.75, 3.05) is 19.8 Å². The van der Waals surface area contributed by atoms with E-state index < -0.39 is 75.7 Å². The molecule has 7 N–H and O–H groups in total. The van der Waals surface area contributed by atoms with E-state index in [0.29, 0.717) is 25.7 Å². The molecule has 0 spiro atoms. The summed E-state index contributed by atoms with van der Waals surface area (Å²) < 4.78 is 33.4. The van der Waals surface area contributed by atoms with Crippen molar-refractivity contribution < 1.29 is 68.2 Å². The van der Waals surface area contributed by atoms with Gasteiger partial charge < -0.3 is 45.0 Å². The summed E-state index contributed by atoms with van der Waals surface area (Å²) in [6, 6.07) is 0. The number of phosphoric acid groups is 1. The van der Waals surface area contributed by atoms with Gasteiger partial charge in [-0.05, 0) is 96.3 Å². The lowest BCUT2D eigenvalue weighted by atomic mass is 9.85. The number of carbonyl (C=O) groups excluding carboxylic acids is 2. The number of aliphatic hydroxyl groups is 6. The lowest BCUT2D eigenvalue weighted by molar-refractivity contribution is -0.220. The monoisotopic (exact) mass is 949 g/mol. The predicted molar refractivity (Wildman–Crippen MR) is 259 cm³/mol. The highest BCUT2D eigenvalue weighted by Crippen LogP contribution is 2.47. The van der Waals surface area contributed by atoms with Gasteiger partial charge in [-0.15, -0.1) is 0 Å². The first-order valence-corrected chi connectivity index (χ1v) is 25.3. The number of carbonyl (C=O) groups is 2. The van der Waals surface area contributed by atoms with Crippen LogP contribution in [0, 0.1) is 0 Å².